The maximum atomic E-state index is 12.6. The van der Waals surface area contributed by atoms with E-state index in [2.05, 4.69) is 24.3 Å². The van der Waals surface area contributed by atoms with Crippen LogP contribution >= 0.6 is 0 Å². The summed E-state index contributed by atoms with van der Waals surface area (Å²) < 4.78 is 11.2. The molecule has 23 heavy (non-hydrogen) atoms. The summed E-state index contributed by atoms with van der Waals surface area (Å²) in [6.07, 6.45) is 5.13. The van der Waals surface area contributed by atoms with Crippen molar-refractivity contribution in [3.63, 3.8) is 0 Å². The zero-order chi connectivity index (χ0) is 15.9. The molecule has 1 aromatic rings. The Morgan fingerprint density at radius 2 is 1.91 bits per heavy atom. The van der Waals surface area contributed by atoms with Gasteiger partial charge in [0.15, 0.2) is 0 Å². The molecule has 0 radical (unpaired) electrons. The lowest BCUT2D eigenvalue weighted by Gasteiger charge is -2.36. The molecule has 3 rings (SSSR count). The van der Waals surface area contributed by atoms with Gasteiger partial charge in [-0.3, -0.25) is 4.79 Å². The lowest BCUT2D eigenvalue weighted by molar-refractivity contribution is -0.146. The zero-order valence-electron chi connectivity index (χ0n) is 13.8. The fourth-order valence-electron chi connectivity index (χ4n) is 3.48. The summed E-state index contributed by atoms with van der Waals surface area (Å²) in [5.41, 5.74) is 1.37. The standard InChI is InChI=1S/C19H27NO3/c21-19(17-9-12-22-13-10-17)20-11-14-23-18(15-20)8-4-7-16-5-2-1-3-6-16/h1-3,5-6,17-18H,4,7-15H2/t18-/m0/s1. The molecule has 2 aliphatic rings. The van der Waals surface area contributed by atoms with Crippen LogP contribution in [0.1, 0.15) is 31.2 Å². The highest BCUT2D eigenvalue weighted by molar-refractivity contribution is 5.79. The molecule has 0 saturated carbocycles. The quantitative estimate of drug-likeness (QED) is 0.838. The molecule has 126 valence electrons. The number of aryl methyl sites for hydroxylation is 1. The third-order valence-electron chi connectivity index (χ3n) is 4.86. The Hall–Kier alpha value is -1.39. The van der Waals surface area contributed by atoms with Crippen molar-refractivity contribution in [3.8, 4) is 0 Å². The predicted octanol–water partition coefficient (Wildman–Crippen LogP) is 2.66. The molecule has 0 aliphatic carbocycles. The predicted molar refractivity (Wildman–Crippen MR) is 89.2 cm³/mol. The van der Waals surface area contributed by atoms with Gasteiger partial charge in [-0.05, 0) is 37.7 Å². The number of benzene rings is 1. The molecule has 1 amide bonds. The van der Waals surface area contributed by atoms with Crippen LogP contribution in [0.2, 0.25) is 0 Å². The first-order valence-electron chi connectivity index (χ1n) is 8.85. The lowest BCUT2D eigenvalue weighted by atomic mass is 9.98. The zero-order valence-corrected chi connectivity index (χ0v) is 13.8. The van der Waals surface area contributed by atoms with Gasteiger partial charge in [-0.2, -0.15) is 0 Å². The van der Waals surface area contributed by atoms with Crippen molar-refractivity contribution in [2.24, 2.45) is 5.92 Å². The molecule has 4 nitrogen and oxygen atoms in total. The summed E-state index contributed by atoms with van der Waals surface area (Å²) in [5.74, 6) is 0.469. The van der Waals surface area contributed by atoms with E-state index in [1.807, 2.05) is 11.0 Å². The maximum Gasteiger partial charge on any atom is 0.226 e. The number of amides is 1. The molecule has 2 aliphatic heterocycles. The molecule has 0 aromatic heterocycles. The highest BCUT2D eigenvalue weighted by Gasteiger charge is 2.30. The van der Waals surface area contributed by atoms with Crippen molar-refractivity contribution in [2.75, 3.05) is 32.9 Å². The van der Waals surface area contributed by atoms with E-state index in [9.17, 15) is 4.79 Å². The summed E-state index contributed by atoms with van der Waals surface area (Å²) >= 11 is 0. The number of ether oxygens (including phenoxy) is 2. The summed E-state index contributed by atoms with van der Waals surface area (Å²) in [5, 5.41) is 0. The monoisotopic (exact) mass is 317 g/mol. The molecular formula is C19H27NO3. The summed E-state index contributed by atoms with van der Waals surface area (Å²) in [4.78, 5) is 14.6. The molecular weight excluding hydrogens is 290 g/mol. The first-order valence-corrected chi connectivity index (χ1v) is 8.85. The molecule has 0 spiro atoms. The first kappa shape index (κ1) is 16.5. The van der Waals surface area contributed by atoms with Crippen molar-refractivity contribution in [2.45, 2.75) is 38.2 Å². The van der Waals surface area contributed by atoms with E-state index in [0.29, 0.717) is 12.5 Å². The Balaban J connectivity index is 1.43. The van der Waals surface area contributed by atoms with Crippen LogP contribution in [0.3, 0.4) is 0 Å². The van der Waals surface area contributed by atoms with E-state index in [-0.39, 0.29) is 12.0 Å². The van der Waals surface area contributed by atoms with Gasteiger partial charge in [0.05, 0.1) is 12.7 Å². The second kappa shape index (κ2) is 8.46. The molecule has 1 atom stereocenters. The number of hydrogen-bond donors (Lipinski definition) is 0. The second-order valence-electron chi connectivity index (χ2n) is 6.54. The number of carbonyl (C=O) groups excluding carboxylic acids is 1. The second-order valence-corrected chi connectivity index (χ2v) is 6.54. The maximum absolute atomic E-state index is 12.6. The van der Waals surface area contributed by atoms with Crippen LogP contribution in [0.25, 0.3) is 0 Å². The van der Waals surface area contributed by atoms with Crippen molar-refractivity contribution in [3.05, 3.63) is 35.9 Å². The van der Waals surface area contributed by atoms with Crippen molar-refractivity contribution in [1.29, 1.82) is 0 Å². The smallest absolute Gasteiger partial charge is 0.226 e. The molecule has 4 heteroatoms. The number of carbonyl (C=O) groups is 1. The van der Waals surface area contributed by atoms with Crippen molar-refractivity contribution >= 4 is 5.91 Å². The van der Waals surface area contributed by atoms with Crippen LogP contribution in [0.5, 0.6) is 0 Å². The van der Waals surface area contributed by atoms with E-state index < -0.39 is 0 Å². The largest absolute Gasteiger partial charge is 0.381 e. The molecule has 0 bridgehead atoms. The third kappa shape index (κ3) is 4.79. The Bertz CT molecular complexity index is 485. The van der Waals surface area contributed by atoms with Gasteiger partial charge in [-0.1, -0.05) is 30.3 Å². The number of rotatable bonds is 5. The number of morpholine rings is 1. The van der Waals surface area contributed by atoms with Gasteiger partial charge in [0.25, 0.3) is 0 Å². The molecule has 2 saturated heterocycles. The third-order valence-corrected chi connectivity index (χ3v) is 4.86. The SMILES string of the molecule is O=C(C1CCOCC1)N1CCO[C@@H](CCCc2ccccc2)C1. The van der Waals surface area contributed by atoms with Gasteiger partial charge in [-0.25, -0.2) is 0 Å². The number of hydrogen-bond acceptors (Lipinski definition) is 3. The van der Waals surface area contributed by atoms with E-state index >= 15 is 0 Å². The van der Waals surface area contributed by atoms with Gasteiger partial charge in [-0.15, -0.1) is 0 Å². The highest BCUT2D eigenvalue weighted by Crippen LogP contribution is 2.20. The molecule has 0 N–H and O–H groups in total. The van der Waals surface area contributed by atoms with Gasteiger partial charge < -0.3 is 14.4 Å². The minimum absolute atomic E-state index is 0.159. The fourth-order valence-corrected chi connectivity index (χ4v) is 3.48. The Labute approximate surface area is 138 Å². The summed E-state index contributed by atoms with van der Waals surface area (Å²) in [7, 11) is 0. The molecule has 0 unspecified atom stereocenters. The van der Waals surface area contributed by atoms with Crippen LogP contribution < -0.4 is 0 Å². The van der Waals surface area contributed by atoms with E-state index in [4.69, 9.17) is 9.47 Å². The van der Waals surface area contributed by atoms with Crippen LogP contribution in [-0.2, 0) is 20.7 Å². The van der Waals surface area contributed by atoms with Crippen LogP contribution in [-0.4, -0.2) is 49.8 Å². The summed E-state index contributed by atoms with van der Waals surface area (Å²) in [6.45, 7) is 3.61. The first-order chi connectivity index (χ1) is 11.3. The van der Waals surface area contributed by atoms with E-state index in [1.165, 1.54) is 5.56 Å². The number of nitrogens with zero attached hydrogens (tertiary/aromatic N) is 1. The Kier molecular flexibility index (Phi) is 6.06. The lowest BCUT2D eigenvalue weighted by Crippen LogP contribution is -2.48. The van der Waals surface area contributed by atoms with Gasteiger partial charge in [0.1, 0.15) is 0 Å². The minimum atomic E-state index is 0.159. The Morgan fingerprint density at radius 3 is 2.70 bits per heavy atom. The Morgan fingerprint density at radius 1 is 1.13 bits per heavy atom. The minimum Gasteiger partial charge on any atom is -0.381 e. The average molecular weight is 317 g/mol. The molecule has 2 fully saturated rings. The van der Waals surface area contributed by atoms with Crippen molar-refractivity contribution in [1.82, 2.24) is 4.90 Å². The van der Waals surface area contributed by atoms with E-state index in [1.54, 1.807) is 0 Å². The van der Waals surface area contributed by atoms with Gasteiger partial charge in [0, 0.05) is 32.2 Å². The van der Waals surface area contributed by atoms with Crippen molar-refractivity contribution < 1.29 is 14.3 Å². The van der Waals surface area contributed by atoms with Crippen LogP contribution in [0.15, 0.2) is 30.3 Å². The topological polar surface area (TPSA) is 38.8 Å². The average Bonchev–Trinajstić information content (AvgIpc) is 2.63. The van der Waals surface area contributed by atoms with Gasteiger partial charge >= 0.3 is 0 Å². The van der Waals surface area contributed by atoms with Gasteiger partial charge in [0.2, 0.25) is 5.91 Å². The normalized spacial score (nSPS) is 23.0. The molecule has 2 heterocycles. The highest BCUT2D eigenvalue weighted by atomic mass is 16.5. The van der Waals surface area contributed by atoms with Crippen LogP contribution in [0, 0.1) is 5.92 Å². The van der Waals surface area contributed by atoms with Crippen LogP contribution in [0.4, 0.5) is 0 Å². The molecule has 1 aromatic carbocycles. The van der Waals surface area contributed by atoms with E-state index in [0.717, 1.165) is 58.4 Å². The summed E-state index contributed by atoms with van der Waals surface area (Å²) in [6, 6.07) is 10.6. The fraction of sp³-hybridized carbons (Fsp3) is 0.632.